The number of carbonyl (C=O) groups excluding carboxylic acids is 1. The number of anilines is 1. The highest BCUT2D eigenvalue weighted by Gasteiger charge is 2.27. The van der Waals surface area contributed by atoms with Crippen LogP contribution in [0.25, 0.3) is 0 Å². The summed E-state index contributed by atoms with van der Waals surface area (Å²) in [6.45, 7) is 2.16. The summed E-state index contributed by atoms with van der Waals surface area (Å²) >= 11 is 3.34. The van der Waals surface area contributed by atoms with Crippen LogP contribution in [-0.2, 0) is 4.74 Å². The lowest BCUT2D eigenvalue weighted by molar-refractivity contribution is 0.000708. The van der Waals surface area contributed by atoms with E-state index < -0.39 is 0 Å². The number of hydrogen-bond acceptors (Lipinski definition) is 3. The Morgan fingerprint density at radius 3 is 2.79 bits per heavy atom. The van der Waals surface area contributed by atoms with E-state index in [2.05, 4.69) is 22.9 Å². The van der Waals surface area contributed by atoms with Crippen LogP contribution in [0.2, 0.25) is 0 Å². The zero-order valence-corrected chi connectivity index (χ0v) is 12.8. The quantitative estimate of drug-likeness (QED) is 0.670. The first-order chi connectivity index (χ1) is 9.10. The molecule has 0 heterocycles. The molecule has 0 bridgehead atoms. The highest BCUT2D eigenvalue weighted by atomic mass is 79.9. The van der Waals surface area contributed by atoms with Crippen LogP contribution in [0.3, 0.4) is 0 Å². The zero-order valence-electron chi connectivity index (χ0n) is 11.2. The molecule has 0 radical (unpaired) electrons. The van der Waals surface area contributed by atoms with Crippen molar-refractivity contribution in [2.75, 3.05) is 5.73 Å². The van der Waals surface area contributed by atoms with Crippen LogP contribution in [0.5, 0.6) is 0 Å². The SMILES string of the molecule is CCC1CCCCC1OC(=O)c1cc(N)cc(Br)c1. The van der Waals surface area contributed by atoms with Crippen LogP contribution in [0.1, 0.15) is 49.4 Å². The predicted octanol–water partition coefficient (Wildman–Crippen LogP) is 4.16. The average Bonchev–Trinajstić information content (AvgIpc) is 2.38. The van der Waals surface area contributed by atoms with Crippen molar-refractivity contribution in [1.29, 1.82) is 0 Å². The summed E-state index contributed by atoms with van der Waals surface area (Å²) in [5.74, 6) is 0.237. The Labute approximate surface area is 122 Å². The first-order valence-electron chi connectivity index (χ1n) is 6.87. The fraction of sp³-hybridized carbons (Fsp3) is 0.533. The number of carbonyl (C=O) groups is 1. The first-order valence-corrected chi connectivity index (χ1v) is 7.66. The van der Waals surface area contributed by atoms with E-state index in [1.807, 2.05) is 0 Å². The fourth-order valence-corrected chi connectivity index (χ4v) is 3.24. The lowest BCUT2D eigenvalue weighted by atomic mass is 9.85. The number of hydrogen-bond donors (Lipinski definition) is 1. The number of halogens is 1. The maximum Gasteiger partial charge on any atom is 0.338 e. The average molecular weight is 326 g/mol. The second-order valence-electron chi connectivity index (χ2n) is 5.17. The molecule has 1 aliphatic carbocycles. The van der Waals surface area contributed by atoms with Crippen LogP contribution in [0.15, 0.2) is 22.7 Å². The van der Waals surface area contributed by atoms with Gasteiger partial charge in [-0.15, -0.1) is 0 Å². The van der Waals surface area contributed by atoms with E-state index in [9.17, 15) is 4.79 Å². The van der Waals surface area contributed by atoms with Crippen molar-refractivity contribution in [2.24, 2.45) is 5.92 Å². The molecule has 1 saturated carbocycles. The number of nitrogen functional groups attached to an aromatic ring is 1. The number of benzene rings is 1. The van der Waals surface area contributed by atoms with Crippen molar-refractivity contribution in [3.05, 3.63) is 28.2 Å². The summed E-state index contributed by atoms with van der Waals surface area (Å²) < 4.78 is 6.48. The van der Waals surface area contributed by atoms with Crippen molar-refractivity contribution >= 4 is 27.6 Å². The molecular formula is C15H20BrNO2. The molecule has 0 aromatic heterocycles. The predicted molar refractivity (Wildman–Crippen MR) is 80.0 cm³/mol. The third kappa shape index (κ3) is 3.72. The van der Waals surface area contributed by atoms with Crippen LogP contribution in [0, 0.1) is 5.92 Å². The smallest absolute Gasteiger partial charge is 0.338 e. The maximum atomic E-state index is 12.2. The second-order valence-corrected chi connectivity index (χ2v) is 6.09. The Bertz CT molecular complexity index is 441. The summed E-state index contributed by atoms with van der Waals surface area (Å²) in [5.41, 5.74) is 6.83. The highest BCUT2D eigenvalue weighted by molar-refractivity contribution is 9.10. The molecule has 0 spiro atoms. The minimum absolute atomic E-state index is 0.0615. The summed E-state index contributed by atoms with van der Waals surface area (Å²) in [4.78, 5) is 12.2. The molecule has 2 unspecified atom stereocenters. The van der Waals surface area contributed by atoms with Crippen molar-refractivity contribution in [3.63, 3.8) is 0 Å². The Kier molecular flexibility index (Phi) is 4.86. The van der Waals surface area contributed by atoms with Crippen LogP contribution in [0.4, 0.5) is 5.69 Å². The number of nitrogens with two attached hydrogens (primary N) is 1. The molecule has 3 nitrogen and oxygen atoms in total. The normalized spacial score (nSPS) is 23.1. The van der Waals surface area contributed by atoms with E-state index in [1.165, 1.54) is 6.42 Å². The van der Waals surface area contributed by atoms with Crippen molar-refractivity contribution in [3.8, 4) is 0 Å². The van der Waals surface area contributed by atoms with Gasteiger partial charge in [-0.2, -0.15) is 0 Å². The molecular weight excluding hydrogens is 306 g/mol. The Balaban J connectivity index is 2.07. The van der Waals surface area contributed by atoms with E-state index in [0.717, 1.165) is 30.2 Å². The fourth-order valence-electron chi connectivity index (χ4n) is 2.73. The van der Waals surface area contributed by atoms with Gasteiger partial charge in [0.2, 0.25) is 0 Å². The third-order valence-electron chi connectivity index (χ3n) is 3.78. The molecule has 0 aliphatic heterocycles. The van der Waals surface area contributed by atoms with Gasteiger partial charge in [0.25, 0.3) is 0 Å². The largest absolute Gasteiger partial charge is 0.458 e. The Hall–Kier alpha value is -1.03. The van der Waals surface area contributed by atoms with Gasteiger partial charge in [0.1, 0.15) is 6.10 Å². The molecule has 4 heteroatoms. The summed E-state index contributed by atoms with van der Waals surface area (Å²) in [5, 5.41) is 0. The van der Waals surface area contributed by atoms with E-state index >= 15 is 0 Å². The minimum atomic E-state index is -0.265. The van der Waals surface area contributed by atoms with E-state index in [4.69, 9.17) is 10.5 Å². The number of ether oxygens (including phenoxy) is 1. The Morgan fingerprint density at radius 1 is 1.37 bits per heavy atom. The maximum absolute atomic E-state index is 12.2. The van der Waals surface area contributed by atoms with E-state index in [0.29, 0.717) is 17.2 Å². The van der Waals surface area contributed by atoms with Gasteiger partial charge in [0, 0.05) is 10.2 Å². The van der Waals surface area contributed by atoms with Crippen LogP contribution in [-0.4, -0.2) is 12.1 Å². The van der Waals surface area contributed by atoms with Crippen molar-refractivity contribution in [2.45, 2.75) is 45.1 Å². The second kappa shape index (κ2) is 6.42. The Morgan fingerprint density at radius 2 is 2.11 bits per heavy atom. The van der Waals surface area contributed by atoms with Crippen LogP contribution < -0.4 is 5.73 Å². The van der Waals surface area contributed by atoms with Crippen LogP contribution >= 0.6 is 15.9 Å². The lowest BCUT2D eigenvalue weighted by Gasteiger charge is -2.30. The zero-order chi connectivity index (χ0) is 13.8. The van der Waals surface area contributed by atoms with E-state index in [-0.39, 0.29) is 12.1 Å². The number of esters is 1. The molecule has 104 valence electrons. The molecule has 2 N–H and O–H groups in total. The van der Waals surface area contributed by atoms with E-state index in [1.54, 1.807) is 18.2 Å². The lowest BCUT2D eigenvalue weighted by Crippen LogP contribution is -2.29. The highest BCUT2D eigenvalue weighted by Crippen LogP contribution is 2.30. The van der Waals surface area contributed by atoms with Crippen molar-refractivity contribution < 1.29 is 9.53 Å². The molecule has 1 aromatic carbocycles. The van der Waals surface area contributed by atoms with Gasteiger partial charge in [-0.1, -0.05) is 29.3 Å². The summed E-state index contributed by atoms with van der Waals surface area (Å²) in [6, 6.07) is 5.19. The molecule has 2 atom stereocenters. The molecule has 1 aliphatic rings. The summed E-state index contributed by atoms with van der Waals surface area (Å²) in [7, 11) is 0. The monoisotopic (exact) mass is 325 g/mol. The molecule has 0 amide bonds. The third-order valence-corrected chi connectivity index (χ3v) is 4.24. The van der Waals surface area contributed by atoms with Gasteiger partial charge in [0.15, 0.2) is 0 Å². The molecule has 0 saturated heterocycles. The molecule has 1 fully saturated rings. The molecule has 2 rings (SSSR count). The minimum Gasteiger partial charge on any atom is -0.458 e. The van der Waals surface area contributed by atoms with Gasteiger partial charge in [-0.25, -0.2) is 4.79 Å². The van der Waals surface area contributed by atoms with Gasteiger partial charge >= 0.3 is 5.97 Å². The van der Waals surface area contributed by atoms with Gasteiger partial charge in [-0.3, -0.25) is 0 Å². The van der Waals surface area contributed by atoms with Gasteiger partial charge in [0.05, 0.1) is 5.56 Å². The van der Waals surface area contributed by atoms with Gasteiger partial charge < -0.3 is 10.5 Å². The molecule has 19 heavy (non-hydrogen) atoms. The van der Waals surface area contributed by atoms with Gasteiger partial charge in [-0.05, 0) is 49.8 Å². The topological polar surface area (TPSA) is 52.3 Å². The first kappa shape index (κ1) is 14.4. The standard InChI is InChI=1S/C15H20BrNO2/c1-2-10-5-3-4-6-14(10)19-15(18)11-7-12(16)9-13(17)8-11/h7-10,14H,2-6,17H2,1H3. The molecule has 1 aromatic rings. The van der Waals surface area contributed by atoms with Crippen molar-refractivity contribution in [1.82, 2.24) is 0 Å². The number of rotatable bonds is 3. The summed E-state index contributed by atoms with van der Waals surface area (Å²) in [6.07, 6.45) is 5.67.